The van der Waals surface area contributed by atoms with Crippen LogP contribution < -0.4 is 0 Å². The molecule has 21 heavy (non-hydrogen) atoms. The Morgan fingerprint density at radius 1 is 0.857 bits per heavy atom. The number of esters is 2. The minimum atomic E-state index is -0.350. The van der Waals surface area contributed by atoms with Gasteiger partial charge in [0.15, 0.2) is 0 Å². The molecular formula is C17H30O4. The minimum absolute atomic E-state index is 0.121. The van der Waals surface area contributed by atoms with Gasteiger partial charge in [-0.1, -0.05) is 39.2 Å². The summed E-state index contributed by atoms with van der Waals surface area (Å²) < 4.78 is 10.1. The van der Waals surface area contributed by atoms with Crippen LogP contribution in [-0.2, 0) is 19.1 Å². The number of unbranched alkanes of at least 4 members (excludes halogenated alkanes) is 6. The van der Waals surface area contributed by atoms with E-state index in [1.807, 2.05) is 0 Å². The summed E-state index contributed by atoms with van der Waals surface area (Å²) in [4.78, 5) is 22.5. The largest absolute Gasteiger partial charge is 0.466 e. The van der Waals surface area contributed by atoms with Crippen LogP contribution in [0.5, 0.6) is 0 Å². The molecule has 4 nitrogen and oxygen atoms in total. The topological polar surface area (TPSA) is 52.6 Å². The molecule has 0 aliphatic carbocycles. The first-order valence-corrected chi connectivity index (χ1v) is 8.06. The van der Waals surface area contributed by atoms with Crippen LogP contribution in [-0.4, -0.2) is 25.2 Å². The van der Waals surface area contributed by atoms with Gasteiger partial charge in [0.25, 0.3) is 0 Å². The maximum Gasteiger partial charge on any atom is 0.333 e. The van der Waals surface area contributed by atoms with Crippen LogP contribution in [0.2, 0.25) is 0 Å². The predicted molar refractivity (Wildman–Crippen MR) is 84.0 cm³/mol. The normalized spacial score (nSPS) is 10.2. The van der Waals surface area contributed by atoms with Crippen molar-refractivity contribution < 1.29 is 19.1 Å². The Morgan fingerprint density at radius 2 is 1.43 bits per heavy atom. The molecule has 0 amide bonds. The van der Waals surface area contributed by atoms with Crippen molar-refractivity contribution in [3.63, 3.8) is 0 Å². The Bertz CT molecular complexity index is 310. The molecule has 122 valence electrons. The Balaban J connectivity index is 3.30. The fourth-order valence-corrected chi connectivity index (χ4v) is 1.80. The number of hydrogen-bond acceptors (Lipinski definition) is 4. The monoisotopic (exact) mass is 298 g/mol. The summed E-state index contributed by atoms with van der Waals surface area (Å²) in [6.07, 6.45) is 8.64. The lowest BCUT2D eigenvalue weighted by atomic mass is 10.2. The third kappa shape index (κ3) is 13.4. The molecule has 0 aliphatic heterocycles. The molecule has 0 rings (SSSR count). The minimum Gasteiger partial charge on any atom is -0.466 e. The summed E-state index contributed by atoms with van der Waals surface area (Å²) in [5.41, 5.74) is 0.414. The van der Waals surface area contributed by atoms with Crippen LogP contribution in [0.1, 0.15) is 71.6 Å². The number of carbonyl (C=O) groups excluding carboxylic acids is 2. The number of ether oxygens (including phenoxy) is 2. The summed E-state index contributed by atoms with van der Waals surface area (Å²) >= 11 is 0. The molecule has 0 bridgehead atoms. The average Bonchev–Trinajstić information content (AvgIpc) is 2.45. The molecule has 0 aromatic carbocycles. The second kappa shape index (κ2) is 13.7. The average molecular weight is 298 g/mol. The van der Waals surface area contributed by atoms with Gasteiger partial charge in [0, 0.05) is 12.0 Å². The molecule has 0 unspecified atom stereocenters. The van der Waals surface area contributed by atoms with E-state index in [0.29, 0.717) is 25.2 Å². The third-order valence-corrected chi connectivity index (χ3v) is 3.12. The van der Waals surface area contributed by atoms with Crippen molar-refractivity contribution in [2.45, 2.75) is 71.6 Å². The van der Waals surface area contributed by atoms with E-state index in [0.717, 1.165) is 32.1 Å². The summed E-state index contributed by atoms with van der Waals surface area (Å²) in [6, 6.07) is 0. The third-order valence-electron chi connectivity index (χ3n) is 3.12. The molecule has 0 saturated carbocycles. The van der Waals surface area contributed by atoms with Crippen molar-refractivity contribution in [3.8, 4) is 0 Å². The van der Waals surface area contributed by atoms with Crippen molar-refractivity contribution in [1.29, 1.82) is 0 Å². The lowest BCUT2D eigenvalue weighted by Crippen LogP contribution is -2.07. The molecule has 0 aliphatic rings. The van der Waals surface area contributed by atoms with Gasteiger partial charge in [-0.2, -0.15) is 0 Å². The van der Waals surface area contributed by atoms with Gasteiger partial charge in [0.05, 0.1) is 13.2 Å². The van der Waals surface area contributed by atoms with Gasteiger partial charge >= 0.3 is 11.9 Å². The van der Waals surface area contributed by atoms with Crippen molar-refractivity contribution in [1.82, 2.24) is 0 Å². The molecule has 0 radical (unpaired) electrons. The van der Waals surface area contributed by atoms with Gasteiger partial charge in [-0.3, -0.25) is 4.79 Å². The van der Waals surface area contributed by atoms with Gasteiger partial charge in [0.2, 0.25) is 0 Å². The molecule has 0 heterocycles. The SMILES string of the molecule is C=C(C)C(=O)OCCCCCC(=O)OCCCCCCC. The second-order valence-electron chi connectivity index (χ2n) is 5.36. The lowest BCUT2D eigenvalue weighted by Gasteiger charge is -2.05. The highest BCUT2D eigenvalue weighted by atomic mass is 16.5. The van der Waals surface area contributed by atoms with Gasteiger partial charge in [-0.15, -0.1) is 0 Å². The first-order chi connectivity index (χ1) is 10.1. The van der Waals surface area contributed by atoms with Crippen LogP contribution in [0.4, 0.5) is 0 Å². The highest BCUT2D eigenvalue weighted by molar-refractivity contribution is 5.86. The van der Waals surface area contributed by atoms with Crippen LogP contribution in [0.3, 0.4) is 0 Å². The summed E-state index contributed by atoms with van der Waals surface area (Å²) in [7, 11) is 0. The van der Waals surface area contributed by atoms with E-state index in [-0.39, 0.29) is 11.9 Å². The van der Waals surface area contributed by atoms with Crippen molar-refractivity contribution >= 4 is 11.9 Å². The van der Waals surface area contributed by atoms with Gasteiger partial charge < -0.3 is 9.47 Å². The molecule has 0 aromatic rings. The highest BCUT2D eigenvalue weighted by Crippen LogP contribution is 2.05. The van der Waals surface area contributed by atoms with Crippen LogP contribution >= 0.6 is 0 Å². The fraction of sp³-hybridized carbons (Fsp3) is 0.765. The van der Waals surface area contributed by atoms with Crippen LogP contribution in [0.25, 0.3) is 0 Å². The van der Waals surface area contributed by atoms with E-state index < -0.39 is 0 Å². The summed E-state index contributed by atoms with van der Waals surface area (Å²) in [6.45, 7) is 8.24. The van der Waals surface area contributed by atoms with Crippen molar-refractivity contribution in [2.75, 3.05) is 13.2 Å². The number of carbonyl (C=O) groups is 2. The Hall–Kier alpha value is -1.32. The second-order valence-corrected chi connectivity index (χ2v) is 5.36. The Labute approximate surface area is 128 Å². The van der Waals surface area contributed by atoms with Crippen LogP contribution in [0.15, 0.2) is 12.2 Å². The maximum atomic E-state index is 11.4. The Morgan fingerprint density at radius 3 is 2.05 bits per heavy atom. The molecule has 0 saturated heterocycles. The van der Waals surface area contributed by atoms with Crippen LogP contribution in [0, 0.1) is 0 Å². The summed E-state index contributed by atoms with van der Waals surface area (Å²) in [5, 5.41) is 0. The van der Waals surface area contributed by atoms with Crippen molar-refractivity contribution in [3.05, 3.63) is 12.2 Å². The Kier molecular flexibility index (Phi) is 12.8. The molecule has 0 N–H and O–H groups in total. The smallest absolute Gasteiger partial charge is 0.333 e. The van der Waals surface area contributed by atoms with E-state index in [2.05, 4.69) is 13.5 Å². The zero-order chi connectivity index (χ0) is 15.9. The number of rotatable bonds is 13. The van der Waals surface area contributed by atoms with E-state index in [4.69, 9.17) is 9.47 Å². The first-order valence-electron chi connectivity index (χ1n) is 8.06. The van der Waals surface area contributed by atoms with Crippen molar-refractivity contribution in [2.24, 2.45) is 0 Å². The van der Waals surface area contributed by atoms with Gasteiger partial charge in [0.1, 0.15) is 0 Å². The lowest BCUT2D eigenvalue weighted by molar-refractivity contribution is -0.144. The first kappa shape index (κ1) is 19.7. The molecule has 0 atom stereocenters. The maximum absolute atomic E-state index is 11.4. The quantitative estimate of drug-likeness (QED) is 0.291. The molecule has 4 heteroatoms. The van der Waals surface area contributed by atoms with E-state index in [1.54, 1.807) is 6.92 Å². The zero-order valence-electron chi connectivity index (χ0n) is 13.6. The predicted octanol–water partition coefficient (Wildman–Crippen LogP) is 4.18. The number of hydrogen-bond donors (Lipinski definition) is 0. The summed E-state index contributed by atoms with van der Waals surface area (Å²) in [5.74, 6) is -0.470. The zero-order valence-corrected chi connectivity index (χ0v) is 13.6. The highest BCUT2D eigenvalue weighted by Gasteiger charge is 2.04. The fourth-order valence-electron chi connectivity index (χ4n) is 1.80. The molecule has 0 aromatic heterocycles. The van der Waals surface area contributed by atoms with Gasteiger partial charge in [-0.25, -0.2) is 4.79 Å². The standard InChI is InChI=1S/C17H30O4/c1-4-5-6-7-10-13-20-16(18)12-9-8-11-14-21-17(19)15(2)3/h2,4-14H2,1,3H3. The van der Waals surface area contributed by atoms with Gasteiger partial charge in [-0.05, 0) is 32.6 Å². The van der Waals surface area contributed by atoms with E-state index >= 15 is 0 Å². The molecule has 0 spiro atoms. The molecule has 0 fully saturated rings. The van der Waals surface area contributed by atoms with E-state index in [9.17, 15) is 9.59 Å². The molecular weight excluding hydrogens is 268 g/mol. The van der Waals surface area contributed by atoms with E-state index in [1.165, 1.54) is 19.3 Å².